The molecule has 0 spiro atoms. The van der Waals surface area contributed by atoms with Gasteiger partial charge in [-0.3, -0.25) is 0 Å². The summed E-state index contributed by atoms with van der Waals surface area (Å²) in [7, 11) is 0. The van der Waals surface area contributed by atoms with Crippen molar-refractivity contribution in [2.45, 2.75) is 80.0 Å². The number of ether oxygens (including phenoxy) is 1. The molecule has 21 heavy (non-hydrogen) atoms. The SMILES string of the molecule is CC.CC(C)(C)OC(C)(O)NC1NOC(C(C)(C)C)=C1F.[HH]. The van der Waals surface area contributed by atoms with E-state index in [-0.39, 0.29) is 7.19 Å². The van der Waals surface area contributed by atoms with Crippen molar-refractivity contribution in [2.75, 3.05) is 0 Å². The molecule has 1 aliphatic rings. The van der Waals surface area contributed by atoms with Gasteiger partial charge in [-0.1, -0.05) is 34.6 Å². The fourth-order valence-electron chi connectivity index (χ4n) is 1.85. The van der Waals surface area contributed by atoms with Gasteiger partial charge in [0, 0.05) is 13.8 Å². The summed E-state index contributed by atoms with van der Waals surface area (Å²) < 4.78 is 19.6. The minimum atomic E-state index is -1.68. The highest BCUT2D eigenvalue weighted by Gasteiger charge is 2.39. The predicted octanol–water partition coefficient (Wildman–Crippen LogP) is 3.42. The second kappa shape index (κ2) is 7.05. The zero-order valence-corrected chi connectivity index (χ0v) is 14.7. The molecule has 1 aliphatic heterocycles. The first-order chi connectivity index (χ1) is 9.32. The number of aliphatic hydroxyl groups is 1. The van der Waals surface area contributed by atoms with Gasteiger partial charge in [0.15, 0.2) is 17.8 Å². The molecule has 0 radical (unpaired) electrons. The van der Waals surface area contributed by atoms with E-state index in [9.17, 15) is 9.50 Å². The molecule has 1 rings (SSSR count). The van der Waals surface area contributed by atoms with Crippen LogP contribution in [-0.4, -0.2) is 22.8 Å². The molecule has 2 unspecified atom stereocenters. The van der Waals surface area contributed by atoms with E-state index in [1.54, 1.807) is 20.8 Å². The van der Waals surface area contributed by atoms with Gasteiger partial charge in [0.2, 0.25) is 5.91 Å². The van der Waals surface area contributed by atoms with Crippen molar-refractivity contribution in [3.63, 3.8) is 0 Å². The molecule has 0 saturated heterocycles. The Hall–Kier alpha value is -0.690. The Balaban J connectivity index is 0. The molecule has 2 atom stereocenters. The molecule has 0 aromatic carbocycles. The van der Waals surface area contributed by atoms with Crippen LogP contribution in [-0.2, 0) is 9.57 Å². The van der Waals surface area contributed by atoms with Crippen LogP contribution in [0.4, 0.5) is 4.39 Å². The Kier molecular flexibility index (Phi) is 6.82. The first-order valence-corrected chi connectivity index (χ1v) is 7.35. The second-order valence-corrected chi connectivity index (χ2v) is 6.92. The lowest BCUT2D eigenvalue weighted by molar-refractivity contribution is -0.264. The molecule has 0 saturated carbocycles. The van der Waals surface area contributed by atoms with Gasteiger partial charge in [0.1, 0.15) is 0 Å². The molecule has 0 fully saturated rings. The number of nitrogens with one attached hydrogen (secondary N) is 2. The lowest BCUT2D eigenvalue weighted by Gasteiger charge is -2.34. The zero-order valence-electron chi connectivity index (χ0n) is 14.7. The van der Waals surface area contributed by atoms with E-state index in [1.165, 1.54) is 6.92 Å². The minimum Gasteiger partial charge on any atom is -0.408 e. The molecular formula is C15H33FN2O3. The van der Waals surface area contributed by atoms with Crippen molar-refractivity contribution in [3.8, 4) is 0 Å². The summed E-state index contributed by atoms with van der Waals surface area (Å²) in [6.45, 7) is 16.3. The van der Waals surface area contributed by atoms with E-state index < -0.39 is 28.9 Å². The maximum Gasteiger partial charge on any atom is 0.224 e. The zero-order chi connectivity index (χ0) is 17.1. The lowest BCUT2D eigenvalue weighted by atomic mass is 9.93. The summed E-state index contributed by atoms with van der Waals surface area (Å²) in [6, 6.07) is 0. The normalized spacial score (nSPS) is 22.3. The van der Waals surface area contributed by atoms with Gasteiger partial charge in [-0.05, 0) is 20.8 Å². The van der Waals surface area contributed by atoms with Crippen LogP contribution in [0.2, 0.25) is 0 Å². The molecule has 0 aliphatic carbocycles. The maximum atomic E-state index is 14.2. The molecule has 128 valence electrons. The third-order valence-electron chi connectivity index (χ3n) is 2.35. The van der Waals surface area contributed by atoms with Gasteiger partial charge in [-0.2, -0.15) is 0 Å². The van der Waals surface area contributed by atoms with Crippen molar-refractivity contribution in [2.24, 2.45) is 5.41 Å². The van der Waals surface area contributed by atoms with Gasteiger partial charge < -0.3 is 14.7 Å². The smallest absolute Gasteiger partial charge is 0.224 e. The Morgan fingerprint density at radius 3 is 2.00 bits per heavy atom. The lowest BCUT2D eigenvalue weighted by Crippen LogP contribution is -2.56. The second-order valence-electron chi connectivity index (χ2n) is 6.92. The molecule has 0 aromatic heterocycles. The molecule has 6 heteroatoms. The van der Waals surface area contributed by atoms with Crippen molar-refractivity contribution >= 4 is 0 Å². The number of hydrogen-bond donors (Lipinski definition) is 3. The van der Waals surface area contributed by atoms with E-state index in [1.807, 2.05) is 34.6 Å². The summed E-state index contributed by atoms with van der Waals surface area (Å²) in [4.78, 5) is 5.14. The fourth-order valence-corrected chi connectivity index (χ4v) is 1.85. The summed E-state index contributed by atoms with van der Waals surface area (Å²) in [5.41, 5.74) is 1.48. The monoisotopic (exact) mass is 308 g/mol. The average Bonchev–Trinajstić information content (AvgIpc) is 2.58. The number of halogens is 1. The van der Waals surface area contributed by atoms with E-state index in [0.717, 1.165) is 0 Å². The Morgan fingerprint density at radius 1 is 1.19 bits per heavy atom. The Bertz CT molecular complexity index is 374. The van der Waals surface area contributed by atoms with E-state index >= 15 is 0 Å². The van der Waals surface area contributed by atoms with Gasteiger partial charge in [-0.25, -0.2) is 9.71 Å². The third-order valence-corrected chi connectivity index (χ3v) is 2.35. The van der Waals surface area contributed by atoms with Gasteiger partial charge >= 0.3 is 0 Å². The summed E-state index contributed by atoms with van der Waals surface area (Å²) in [5.74, 6) is -1.94. The van der Waals surface area contributed by atoms with Crippen LogP contribution in [0.5, 0.6) is 0 Å². The largest absolute Gasteiger partial charge is 0.408 e. The highest BCUT2D eigenvalue weighted by Crippen LogP contribution is 2.33. The number of hydroxylamine groups is 1. The minimum absolute atomic E-state index is 0. The van der Waals surface area contributed by atoms with Crippen molar-refractivity contribution in [1.82, 2.24) is 10.8 Å². The van der Waals surface area contributed by atoms with Crippen LogP contribution >= 0.6 is 0 Å². The van der Waals surface area contributed by atoms with Gasteiger partial charge in [-0.15, -0.1) is 5.48 Å². The quantitative estimate of drug-likeness (QED) is 0.697. The van der Waals surface area contributed by atoms with E-state index in [2.05, 4.69) is 10.8 Å². The summed E-state index contributed by atoms with van der Waals surface area (Å²) in [5, 5.41) is 12.7. The molecule has 1 heterocycles. The standard InChI is InChI=1S/C13H25FN2O3.C2H6.H2/c1-11(2,3)9-8(14)10(16-18-9)15-13(7,17)19-12(4,5)6;1-2;/h10,15-17H,1-7H3;1-2H3;1H. The summed E-state index contributed by atoms with van der Waals surface area (Å²) in [6.07, 6.45) is -0.938. The van der Waals surface area contributed by atoms with E-state index in [4.69, 9.17) is 9.57 Å². The van der Waals surface area contributed by atoms with Gasteiger partial charge in [0.25, 0.3) is 0 Å². The molecule has 0 bridgehead atoms. The molecule has 0 aromatic rings. The Morgan fingerprint density at radius 2 is 1.67 bits per heavy atom. The number of allylic oxidation sites excluding steroid dienone is 1. The average molecular weight is 308 g/mol. The molecule has 3 N–H and O–H groups in total. The highest BCUT2D eigenvalue weighted by molar-refractivity contribution is 5.16. The Labute approximate surface area is 129 Å². The number of hydrogen-bond acceptors (Lipinski definition) is 5. The van der Waals surface area contributed by atoms with Crippen LogP contribution < -0.4 is 10.8 Å². The van der Waals surface area contributed by atoms with E-state index in [0.29, 0.717) is 0 Å². The van der Waals surface area contributed by atoms with Crippen LogP contribution in [0.15, 0.2) is 11.6 Å². The van der Waals surface area contributed by atoms with Crippen LogP contribution in [0, 0.1) is 5.41 Å². The third kappa shape index (κ3) is 6.74. The predicted molar refractivity (Wildman–Crippen MR) is 83.7 cm³/mol. The van der Waals surface area contributed by atoms with Gasteiger partial charge in [0.05, 0.1) is 5.60 Å². The van der Waals surface area contributed by atoms with Crippen molar-refractivity contribution in [1.29, 1.82) is 0 Å². The maximum absolute atomic E-state index is 14.2. The first kappa shape index (κ1) is 20.3. The van der Waals surface area contributed by atoms with Crippen LogP contribution in [0.1, 0.15) is 63.7 Å². The molecular weight excluding hydrogens is 275 g/mol. The first-order valence-electron chi connectivity index (χ1n) is 7.35. The number of rotatable bonds is 3. The van der Waals surface area contributed by atoms with Crippen LogP contribution in [0.3, 0.4) is 0 Å². The van der Waals surface area contributed by atoms with Crippen molar-refractivity contribution < 1.29 is 20.5 Å². The van der Waals surface area contributed by atoms with Crippen molar-refractivity contribution in [3.05, 3.63) is 11.6 Å². The van der Waals surface area contributed by atoms with Crippen LogP contribution in [0.25, 0.3) is 0 Å². The summed E-state index contributed by atoms with van der Waals surface area (Å²) >= 11 is 0. The highest BCUT2D eigenvalue weighted by atomic mass is 19.1. The fraction of sp³-hybridized carbons (Fsp3) is 0.867. The molecule has 5 nitrogen and oxygen atoms in total. The molecule has 0 amide bonds. The topological polar surface area (TPSA) is 62.8 Å².